The fourth-order valence-corrected chi connectivity index (χ4v) is 3.53. The third kappa shape index (κ3) is 2.80. The summed E-state index contributed by atoms with van der Waals surface area (Å²) in [6, 6.07) is 8.58. The summed E-state index contributed by atoms with van der Waals surface area (Å²) in [7, 11) is 0. The number of carbonyl (C=O) groups is 1. The van der Waals surface area contributed by atoms with E-state index in [1.54, 1.807) is 0 Å². The van der Waals surface area contributed by atoms with Gasteiger partial charge in [-0.1, -0.05) is 41.1 Å². The maximum atomic E-state index is 12.9. The van der Waals surface area contributed by atoms with Crippen LogP contribution in [-0.4, -0.2) is 21.0 Å². The molecule has 1 unspecified atom stereocenters. The number of hydrogen-bond acceptors (Lipinski definition) is 3. The van der Waals surface area contributed by atoms with Gasteiger partial charge in [0.05, 0.1) is 16.6 Å². The Morgan fingerprint density at radius 3 is 2.81 bits per heavy atom. The molecule has 2 aromatic carbocycles. The summed E-state index contributed by atoms with van der Waals surface area (Å²) in [5.74, 6) is 0. The number of alkyl halides is 3. The van der Waals surface area contributed by atoms with E-state index in [0.717, 1.165) is 40.8 Å². The Kier molecular flexibility index (Phi) is 3.87. The SMILES string of the molecule is O=C(NC1CCc2ccccc21)n1nnc2cc(C(F)(F)F)cc(Cl)c21. The van der Waals surface area contributed by atoms with Gasteiger partial charge in [0.15, 0.2) is 0 Å². The van der Waals surface area contributed by atoms with Crippen molar-refractivity contribution in [1.29, 1.82) is 0 Å². The molecule has 1 atom stereocenters. The number of aromatic nitrogens is 3. The number of nitrogens with zero attached hydrogens (tertiary/aromatic N) is 3. The van der Waals surface area contributed by atoms with Crippen molar-refractivity contribution in [3.8, 4) is 0 Å². The predicted octanol–water partition coefficient (Wildman–Crippen LogP) is 4.35. The van der Waals surface area contributed by atoms with E-state index in [0.29, 0.717) is 0 Å². The van der Waals surface area contributed by atoms with Crippen molar-refractivity contribution >= 4 is 28.7 Å². The zero-order valence-electron chi connectivity index (χ0n) is 13.2. The Morgan fingerprint density at radius 1 is 1.27 bits per heavy atom. The highest BCUT2D eigenvalue weighted by Crippen LogP contribution is 2.35. The van der Waals surface area contributed by atoms with Crippen LogP contribution >= 0.6 is 11.6 Å². The molecule has 0 bridgehead atoms. The molecule has 0 saturated heterocycles. The first kappa shape index (κ1) is 16.8. The van der Waals surface area contributed by atoms with Crippen LogP contribution in [0.4, 0.5) is 18.0 Å². The van der Waals surface area contributed by atoms with Crippen molar-refractivity contribution < 1.29 is 18.0 Å². The molecule has 1 N–H and O–H groups in total. The lowest BCUT2D eigenvalue weighted by Crippen LogP contribution is -2.32. The topological polar surface area (TPSA) is 59.8 Å². The van der Waals surface area contributed by atoms with Crippen LogP contribution in [0, 0.1) is 0 Å². The normalized spacial score (nSPS) is 16.7. The van der Waals surface area contributed by atoms with Gasteiger partial charge in [0.2, 0.25) is 0 Å². The summed E-state index contributed by atoms with van der Waals surface area (Å²) in [5.41, 5.74) is 1.20. The first-order valence-corrected chi connectivity index (χ1v) is 8.23. The van der Waals surface area contributed by atoms with Gasteiger partial charge in [-0.15, -0.1) is 5.10 Å². The number of rotatable bonds is 1. The zero-order valence-corrected chi connectivity index (χ0v) is 14.0. The molecule has 0 aliphatic heterocycles. The molecule has 1 heterocycles. The second kappa shape index (κ2) is 5.98. The van der Waals surface area contributed by atoms with Crippen molar-refractivity contribution in [2.75, 3.05) is 0 Å². The first-order chi connectivity index (χ1) is 12.3. The summed E-state index contributed by atoms with van der Waals surface area (Å²) in [6.45, 7) is 0. The lowest BCUT2D eigenvalue weighted by molar-refractivity contribution is -0.137. The Balaban J connectivity index is 1.66. The van der Waals surface area contributed by atoms with Crippen LogP contribution in [0.1, 0.15) is 29.2 Å². The molecule has 26 heavy (non-hydrogen) atoms. The third-order valence-corrected chi connectivity index (χ3v) is 4.74. The minimum Gasteiger partial charge on any atom is -0.329 e. The quantitative estimate of drug-likeness (QED) is 0.682. The highest BCUT2D eigenvalue weighted by Gasteiger charge is 2.33. The van der Waals surface area contributed by atoms with Gasteiger partial charge in [0, 0.05) is 0 Å². The summed E-state index contributed by atoms with van der Waals surface area (Å²) in [4.78, 5) is 12.6. The van der Waals surface area contributed by atoms with Crippen LogP contribution in [0.15, 0.2) is 36.4 Å². The second-order valence-corrected chi connectivity index (χ2v) is 6.47. The number of halogens is 4. The van der Waals surface area contributed by atoms with E-state index >= 15 is 0 Å². The van der Waals surface area contributed by atoms with Gasteiger partial charge in [-0.3, -0.25) is 0 Å². The largest absolute Gasteiger partial charge is 0.416 e. The third-order valence-electron chi connectivity index (χ3n) is 4.45. The van der Waals surface area contributed by atoms with Crippen LogP contribution in [0.5, 0.6) is 0 Å². The summed E-state index contributed by atoms with van der Waals surface area (Å²) in [5, 5.41) is 9.95. The highest BCUT2D eigenvalue weighted by molar-refractivity contribution is 6.35. The van der Waals surface area contributed by atoms with Gasteiger partial charge in [-0.05, 0) is 36.1 Å². The van der Waals surface area contributed by atoms with E-state index < -0.39 is 17.8 Å². The zero-order chi connectivity index (χ0) is 18.5. The van der Waals surface area contributed by atoms with E-state index in [9.17, 15) is 18.0 Å². The first-order valence-electron chi connectivity index (χ1n) is 7.85. The maximum Gasteiger partial charge on any atom is 0.416 e. The van der Waals surface area contributed by atoms with Crippen molar-refractivity contribution in [3.05, 3.63) is 58.1 Å². The van der Waals surface area contributed by atoms with Gasteiger partial charge in [0.25, 0.3) is 0 Å². The van der Waals surface area contributed by atoms with Crippen LogP contribution in [0.25, 0.3) is 11.0 Å². The van der Waals surface area contributed by atoms with E-state index in [1.165, 1.54) is 0 Å². The van der Waals surface area contributed by atoms with Gasteiger partial charge < -0.3 is 5.32 Å². The fourth-order valence-electron chi connectivity index (χ4n) is 3.23. The average molecular weight is 381 g/mol. The summed E-state index contributed by atoms with van der Waals surface area (Å²) < 4.78 is 39.5. The molecule has 1 amide bonds. The molecule has 9 heteroatoms. The Bertz CT molecular complexity index is 1010. The Labute approximate surface area is 150 Å². The molecule has 1 aliphatic carbocycles. The molecule has 1 aliphatic rings. The molecule has 134 valence electrons. The van der Waals surface area contributed by atoms with Crippen LogP contribution in [0.3, 0.4) is 0 Å². The lowest BCUT2D eigenvalue weighted by Gasteiger charge is -2.14. The number of nitrogens with one attached hydrogen (secondary N) is 1. The maximum absolute atomic E-state index is 12.9. The summed E-state index contributed by atoms with van der Waals surface area (Å²) >= 11 is 5.98. The number of amides is 1. The van der Waals surface area contributed by atoms with E-state index in [-0.39, 0.29) is 22.1 Å². The van der Waals surface area contributed by atoms with Crippen LogP contribution in [0.2, 0.25) is 5.02 Å². The van der Waals surface area contributed by atoms with Crippen molar-refractivity contribution in [2.24, 2.45) is 0 Å². The van der Waals surface area contributed by atoms with Crippen molar-refractivity contribution in [1.82, 2.24) is 20.3 Å². The second-order valence-electron chi connectivity index (χ2n) is 6.06. The highest BCUT2D eigenvalue weighted by atomic mass is 35.5. The molecule has 0 spiro atoms. The molecule has 0 fully saturated rings. The molecular weight excluding hydrogens is 369 g/mol. The van der Waals surface area contributed by atoms with Crippen LogP contribution in [-0.2, 0) is 12.6 Å². The number of fused-ring (bicyclic) bond motifs is 2. The standard InChI is InChI=1S/C17H12ClF3N4O/c18-12-7-10(17(19,20)21)8-14-15(12)25(24-23-14)16(26)22-13-6-5-9-3-1-2-4-11(9)13/h1-4,7-8,13H,5-6H2,(H,22,26). The average Bonchev–Trinajstić information content (AvgIpc) is 3.19. The molecule has 0 saturated carbocycles. The predicted molar refractivity (Wildman–Crippen MR) is 89.0 cm³/mol. The van der Waals surface area contributed by atoms with Crippen molar-refractivity contribution in [3.63, 3.8) is 0 Å². The number of aryl methyl sites for hydroxylation is 1. The fraction of sp³-hybridized carbons (Fsp3) is 0.235. The van der Waals surface area contributed by atoms with Gasteiger partial charge in [-0.25, -0.2) is 4.79 Å². The van der Waals surface area contributed by atoms with Crippen molar-refractivity contribution in [2.45, 2.75) is 25.1 Å². The van der Waals surface area contributed by atoms with E-state index in [4.69, 9.17) is 11.6 Å². The molecular formula is C17H12ClF3N4O. The lowest BCUT2D eigenvalue weighted by atomic mass is 10.1. The molecule has 3 aromatic rings. The summed E-state index contributed by atoms with van der Waals surface area (Å²) in [6.07, 6.45) is -2.98. The monoisotopic (exact) mass is 380 g/mol. The molecule has 4 rings (SSSR count). The molecule has 0 radical (unpaired) electrons. The Hall–Kier alpha value is -2.61. The molecule has 5 nitrogen and oxygen atoms in total. The number of benzene rings is 2. The smallest absolute Gasteiger partial charge is 0.329 e. The van der Waals surface area contributed by atoms with E-state index in [2.05, 4.69) is 15.6 Å². The van der Waals surface area contributed by atoms with Gasteiger partial charge >= 0.3 is 12.2 Å². The molecule has 1 aromatic heterocycles. The number of hydrogen-bond donors (Lipinski definition) is 1. The van der Waals surface area contributed by atoms with E-state index in [1.807, 2.05) is 24.3 Å². The minimum absolute atomic E-state index is 0.0449. The van der Waals surface area contributed by atoms with Gasteiger partial charge in [-0.2, -0.15) is 17.9 Å². The Morgan fingerprint density at radius 2 is 2.04 bits per heavy atom. The van der Waals surface area contributed by atoms with Gasteiger partial charge in [0.1, 0.15) is 11.0 Å². The number of carbonyl (C=O) groups excluding carboxylic acids is 1. The minimum atomic E-state index is -4.56. The van der Waals surface area contributed by atoms with Crippen LogP contribution < -0.4 is 5.32 Å².